The van der Waals surface area contributed by atoms with E-state index in [2.05, 4.69) is 4.74 Å². The SMILES string of the molecule is CCN(C(=O)c1ccccc1OC)c1cccc(C(=O)Cc2c(Cl)cc(C(F)(C(F)(F)F)C(F)(F)F)cc2OC(F)F)c1F. The van der Waals surface area contributed by atoms with Gasteiger partial charge < -0.3 is 14.4 Å². The quantitative estimate of drug-likeness (QED) is 0.162. The van der Waals surface area contributed by atoms with Gasteiger partial charge in [-0.25, -0.2) is 8.78 Å². The van der Waals surface area contributed by atoms with Gasteiger partial charge in [-0.15, -0.1) is 0 Å². The largest absolute Gasteiger partial charge is 0.496 e. The van der Waals surface area contributed by atoms with Crippen LogP contribution in [0.3, 0.4) is 0 Å². The number of ether oxygens (including phenoxy) is 2. The van der Waals surface area contributed by atoms with Crippen molar-refractivity contribution in [2.75, 3.05) is 18.6 Å². The summed E-state index contributed by atoms with van der Waals surface area (Å²) >= 11 is 5.80. The molecule has 16 heteroatoms. The summed E-state index contributed by atoms with van der Waals surface area (Å²) in [5.41, 5.74) is -10.3. The maximum absolute atomic E-state index is 15.7. The summed E-state index contributed by atoms with van der Waals surface area (Å²) in [7, 11) is 1.30. The van der Waals surface area contributed by atoms with Crippen molar-refractivity contribution < 1.29 is 63.0 Å². The van der Waals surface area contributed by atoms with E-state index in [-0.39, 0.29) is 30.0 Å². The second kappa shape index (κ2) is 12.9. The molecular weight excluding hydrogens is 640 g/mol. The van der Waals surface area contributed by atoms with Crippen molar-refractivity contribution >= 4 is 29.0 Å². The van der Waals surface area contributed by atoms with Crippen LogP contribution in [-0.2, 0) is 12.1 Å². The molecular formula is C28H20ClF10NO4. The molecule has 0 atom stereocenters. The van der Waals surface area contributed by atoms with Crippen molar-refractivity contribution in [3.05, 3.63) is 87.7 Å². The van der Waals surface area contributed by atoms with Crippen LogP contribution in [0.1, 0.15) is 38.8 Å². The molecule has 0 bridgehead atoms. The number of alkyl halides is 9. The van der Waals surface area contributed by atoms with Crippen LogP contribution in [-0.4, -0.2) is 44.3 Å². The molecule has 44 heavy (non-hydrogen) atoms. The third kappa shape index (κ3) is 6.56. The second-order valence-corrected chi connectivity index (χ2v) is 9.36. The molecule has 0 fully saturated rings. The van der Waals surface area contributed by atoms with Gasteiger partial charge in [-0.2, -0.15) is 35.1 Å². The molecule has 238 valence electrons. The maximum Gasteiger partial charge on any atom is 0.435 e. The Morgan fingerprint density at radius 2 is 1.48 bits per heavy atom. The van der Waals surface area contributed by atoms with Crippen LogP contribution >= 0.6 is 11.6 Å². The molecule has 0 aliphatic carbocycles. The van der Waals surface area contributed by atoms with Crippen molar-refractivity contribution in [3.8, 4) is 11.5 Å². The number of methoxy groups -OCH3 is 1. The zero-order valence-corrected chi connectivity index (χ0v) is 23.2. The molecule has 3 rings (SSSR count). The zero-order valence-electron chi connectivity index (χ0n) is 22.4. The number of halogens is 11. The van der Waals surface area contributed by atoms with Gasteiger partial charge in [0.25, 0.3) is 5.91 Å². The molecule has 5 nitrogen and oxygen atoms in total. The van der Waals surface area contributed by atoms with Crippen LogP contribution < -0.4 is 14.4 Å². The number of carbonyl (C=O) groups excluding carboxylic acids is 2. The average molecular weight is 660 g/mol. The highest BCUT2D eigenvalue weighted by Gasteiger charge is 2.73. The fourth-order valence-corrected chi connectivity index (χ4v) is 4.54. The van der Waals surface area contributed by atoms with Gasteiger partial charge in [0, 0.05) is 29.1 Å². The van der Waals surface area contributed by atoms with Crippen molar-refractivity contribution in [1.82, 2.24) is 0 Å². The van der Waals surface area contributed by atoms with E-state index in [1.165, 1.54) is 32.2 Å². The van der Waals surface area contributed by atoms with E-state index in [0.29, 0.717) is 0 Å². The summed E-state index contributed by atoms with van der Waals surface area (Å²) in [6.07, 6.45) is -14.4. The molecule has 0 unspecified atom stereocenters. The minimum absolute atomic E-state index is 0.0373. The predicted molar refractivity (Wildman–Crippen MR) is 138 cm³/mol. The van der Waals surface area contributed by atoms with Crippen LogP contribution in [0, 0.1) is 5.82 Å². The van der Waals surface area contributed by atoms with Gasteiger partial charge in [-0.3, -0.25) is 9.59 Å². The van der Waals surface area contributed by atoms with Crippen molar-refractivity contribution in [2.24, 2.45) is 0 Å². The van der Waals surface area contributed by atoms with Gasteiger partial charge in [0.15, 0.2) is 11.6 Å². The minimum atomic E-state index is -6.61. The van der Waals surface area contributed by atoms with E-state index in [0.717, 1.165) is 23.1 Å². The number of hydrogen-bond acceptors (Lipinski definition) is 4. The number of amides is 1. The molecule has 0 spiro atoms. The van der Waals surface area contributed by atoms with Crippen molar-refractivity contribution in [1.29, 1.82) is 0 Å². The Hall–Kier alpha value is -4.01. The standard InChI is InChI=1S/C28H20ClF10NO4/c1-3-40(24(42)16-7-4-5-10-21(16)43-2)19-9-6-8-15(23(19)30)20(41)13-17-18(29)11-14(12-22(17)44-25(31)32)26(33,27(34,35)36)28(37,38)39/h4-12,25H,3,13H2,1-2H3. The van der Waals surface area contributed by atoms with Crippen molar-refractivity contribution in [2.45, 2.75) is 38.0 Å². The molecule has 3 aromatic carbocycles. The van der Waals surface area contributed by atoms with Crippen LogP contribution in [0.4, 0.5) is 49.6 Å². The number of ketones is 1. The van der Waals surface area contributed by atoms with E-state index in [9.17, 15) is 49.1 Å². The monoisotopic (exact) mass is 659 g/mol. The average Bonchev–Trinajstić information content (AvgIpc) is 2.93. The number of rotatable bonds is 10. The van der Waals surface area contributed by atoms with Crippen LogP contribution in [0.2, 0.25) is 5.02 Å². The lowest BCUT2D eigenvalue weighted by atomic mass is 9.91. The summed E-state index contributed by atoms with van der Waals surface area (Å²) in [6, 6.07) is 8.76. The zero-order chi connectivity index (χ0) is 33.2. The second-order valence-electron chi connectivity index (χ2n) is 8.96. The molecule has 0 aliphatic rings. The van der Waals surface area contributed by atoms with Crippen LogP contribution in [0.25, 0.3) is 0 Å². The molecule has 0 saturated heterocycles. The Labute approximate surface area is 247 Å². The smallest absolute Gasteiger partial charge is 0.435 e. The number of anilines is 1. The number of nitrogens with zero attached hydrogens (tertiary/aromatic N) is 1. The lowest BCUT2D eigenvalue weighted by Crippen LogP contribution is -2.50. The first-order valence-corrected chi connectivity index (χ1v) is 12.6. The molecule has 0 radical (unpaired) electrons. The fraction of sp³-hybridized carbons (Fsp3) is 0.286. The molecule has 0 saturated carbocycles. The summed E-state index contributed by atoms with van der Waals surface area (Å²) in [6.45, 7) is -2.49. The van der Waals surface area contributed by atoms with E-state index < -0.39 is 81.7 Å². The first kappa shape index (κ1) is 34.5. The normalized spacial score (nSPS) is 12.3. The third-order valence-corrected chi connectivity index (χ3v) is 6.69. The Kier molecular flexibility index (Phi) is 10.1. The first-order valence-electron chi connectivity index (χ1n) is 12.3. The van der Waals surface area contributed by atoms with Gasteiger partial charge >= 0.3 is 24.6 Å². The number of Topliss-reactive ketones (excluding diaryl/α,β-unsaturated/α-hetero) is 1. The summed E-state index contributed by atoms with van der Waals surface area (Å²) in [4.78, 5) is 27.3. The lowest BCUT2D eigenvalue weighted by molar-refractivity contribution is -0.348. The van der Waals surface area contributed by atoms with E-state index >= 15 is 4.39 Å². The minimum Gasteiger partial charge on any atom is -0.496 e. The first-order chi connectivity index (χ1) is 20.4. The summed E-state index contributed by atoms with van der Waals surface area (Å²) < 4.78 is 145. The van der Waals surface area contributed by atoms with Gasteiger partial charge in [0.05, 0.1) is 23.9 Å². The highest BCUT2D eigenvalue weighted by atomic mass is 35.5. The molecule has 0 aromatic heterocycles. The van der Waals surface area contributed by atoms with Gasteiger partial charge in [-0.1, -0.05) is 29.8 Å². The molecule has 1 amide bonds. The number of hydrogen-bond donors (Lipinski definition) is 0. The maximum atomic E-state index is 15.7. The van der Waals surface area contributed by atoms with E-state index in [1.807, 2.05) is 0 Å². The Morgan fingerprint density at radius 1 is 0.886 bits per heavy atom. The summed E-state index contributed by atoms with van der Waals surface area (Å²) in [5.74, 6) is -4.59. The number of carbonyl (C=O) groups is 2. The van der Waals surface area contributed by atoms with Gasteiger partial charge in [-0.05, 0) is 43.3 Å². The molecule has 0 heterocycles. The van der Waals surface area contributed by atoms with E-state index in [4.69, 9.17) is 16.3 Å². The topological polar surface area (TPSA) is 55.8 Å². The van der Waals surface area contributed by atoms with Crippen LogP contribution in [0.5, 0.6) is 11.5 Å². The molecule has 0 N–H and O–H groups in total. The number of para-hydroxylation sites is 1. The van der Waals surface area contributed by atoms with Gasteiger partial charge in [0.1, 0.15) is 11.5 Å². The molecule has 3 aromatic rings. The highest BCUT2D eigenvalue weighted by Crippen LogP contribution is 2.54. The van der Waals surface area contributed by atoms with Gasteiger partial charge in [0.2, 0.25) is 0 Å². The van der Waals surface area contributed by atoms with E-state index in [1.54, 1.807) is 6.07 Å². The summed E-state index contributed by atoms with van der Waals surface area (Å²) in [5, 5.41) is -1.18. The molecule has 0 aliphatic heterocycles. The fourth-order valence-electron chi connectivity index (χ4n) is 4.26. The number of benzene rings is 3. The van der Waals surface area contributed by atoms with Crippen molar-refractivity contribution in [3.63, 3.8) is 0 Å². The predicted octanol–water partition coefficient (Wildman–Crippen LogP) is 8.47. The Morgan fingerprint density at radius 3 is 2.02 bits per heavy atom. The van der Waals surface area contributed by atoms with Crippen LogP contribution in [0.15, 0.2) is 54.6 Å². The Bertz CT molecular complexity index is 1530. The Balaban J connectivity index is 2.08. The third-order valence-electron chi connectivity index (χ3n) is 6.36. The highest BCUT2D eigenvalue weighted by molar-refractivity contribution is 6.32. The lowest BCUT2D eigenvalue weighted by Gasteiger charge is -2.31.